The molecule has 0 heterocycles. The molecule has 4 rings (SSSR count). The Morgan fingerprint density at radius 1 is 0.600 bits per heavy atom. The van der Waals surface area contributed by atoms with E-state index in [9.17, 15) is 0 Å². The van der Waals surface area contributed by atoms with Crippen LogP contribution in [0.4, 0.5) is 5.69 Å². The Balaban J connectivity index is 0.000000367. The summed E-state index contributed by atoms with van der Waals surface area (Å²) >= 11 is 0. The highest BCUT2D eigenvalue weighted by atomic mass is 16.7. The van der Waals surface area contributed by atoms with Gasteiger partial charge in [0.1, 0.15) is 11.5 Å². The number of hydrogen-bond donors (Lipinski definition) is 1. The Labute approximate surface area is 178 Å². The lowest BCUT2D eigenvalue weighted by Crippen LogP contribution is -2.72. The van der Waals surface area contributed by atoms with Gasteiger partial charge in [-0.1, -0.05) is 48.5 Å². The molecule has 30 heavy (non-hydrogen) atoms. The van der Waals surface area contributed by atoms with E-state index in [1.54, 1.807) is 0 Å². The third-order valence-electron chi connectivity index (χ3n) is 4.01. The van der Waals surface area contributed by atoms with Crippen LogP contribution >= 0.6 is 0 Å². The molecule has 0 aliphatic heterocycles. The van der Waals surface area contributed by atoms with Crippen LogP contribution in [-0.4, -0.2) is 14.4 Å². The van der Waals surface area contributed by atoms with E-state index < -0.39 is 7.32 Å². The molecule has 0 spiro atoms. The Morgan fingerprint density at radius 2 is 1.10 bits per heavy atom. The highest BCUT2D eigenvalue weighted by molar-refractivity contribution is 6.39. The molecule has 0 bridgehead atoms. The van der Waals surface area contributed by atoms with Gasteiger partial charge in [-0.2, -0.15) is 36.4 Å². The predicted octanol–water partition coefficient (Wildman–Crippen LogP) is 4.52. The van der Waals surface area contributed by atoms with Gasteiger partial charge in [0.2, 0.25) is 0 Å². The highest BCUT2D eigenvalue weighted by Gasteiger charge is 2.31. The smallest absolute Gasteiger partial charge is 0.490 e. The van der Waals surface area contributed by atoms with Gasteiger partial charge in [-0.05, 0) is 30.3 Å². The number of para-hydroxylation sites is 4. The van der Waals surface area contributed by atoms with Crippen LogP contribution in [0.25, 0.3) is 0 Å². The first-order chi connectivity index (χ1) is 14.8. The Kier molecular flexibility index (Phi) is 8.40. The Bertz CT molecular complexity index is 901. The van der Waals surface area contributed by atoms with Crippen LogP contribution in [0.5, 0.6) is 17.2 Å². The van der Waals surface area contributed by atoms with Crippen molar-refractivity contribution in [3.05, 3.63) is 121 Å². The molecule has 0 fully saturated rings. The highest BCUT2D eigenvalue weighted by Crippen LogP contribution is 2.22. The van der Waals surface area contributed by atoms with Crippen LogP contribution in [0.1, 0.15) is 0 Å². The Hall–Kier alpha value is -3.70. The fourth-order valence-corrected chi connectivity index (χ4v) is 2.56. The number of benzene rings is 4. The summed E-state index contributed by atoms with van der Waals surface area (Å²) in [4.78, 5) is 0. The first-order valence-electron chi connectivity index (χ1n) is 9.74. The summed E-state index contributed by atoms with van der Waals surface area (Å²) < 4.78 is 17.7. The van der Waals surface area contributed by atoms with Crippen molar-refractivity contribution in [3.8, 4) is 17.2 Å². The largest absolute Gasteiger partial charge is 0.864 e. The van der Waals surface area contributed by atoms with Crippen molar-refractivity contribution < 1.29 is 19.3 Å². The van der Waals surface area contributed by atoms with E-state index >= 15 is 0 Å². The van der Waals surface area contributed by atoms with Crippen molar-refractivity contribution >= 4 is 13.0 Å². The summed E-state index contributed by atoms with van der Waals surface area (Å²) in [5.41, 5.74) is 0.982. The minimum absolute atomic E-state index is 0.677. The molecule has 0 radical (unpaired) electrons. The van der Waals surface area contributed by atoms with Gasteiger partial charge in [0, 0.05) is 6.07 Å². The van der Waals surface area contributed by atoms with Crippen LogP contribution in [0.15, 0.2) is 115 Å². The molecular weight excluding hydrogens is 373 g/mol. The predicted molar refractivity (Wildman–Crippen MR) is 120 cm³/mol. The molecule has 4 nitrogen and oxygen atoms in total. The van der Waals surface area contributed by atoms with E-state index in [0.717, 1.165) is 5.69 Å². The molecular formula is C25H24BNO3. The zero-order valence-corrected chi connectivity index (χ0v) is 16.8. The van der Waals surface area contributed by atoms with Crippen molar-refractivity contribution in [1.29, 1.82) is 0 Å². The Morgan fingerprint density at radius 3 is 1.57 bits per heavy atom. The van der Waals surface area contributed by atoms with Crippen molar-refractivity contribution in [3.63, 3.8) is 0 Å². The third kappa shape index (κ3) is 7.04. The van der Waals surface area contributed by atoms with Gasteiger partial charge in [0.05, 0.1) is 7.05 Å². The van der Waals surface area contributed by atoms with E-state index in [4.69, 9.17) is 14.0 Å². The quantitative estimate of drug-likeness (QED) is 0.283. The average Bonchev–Trinajstić information content (AvgIpc) is 2.82. The molecule has 0 amide bonds. The molecule has 0 aliphatic rings. The minimum Gasteiger partial charge on any atom is -0.490 e. The molecule has 2 N–H and O–H groups in total. The zero-order valence-electron chi connectivity index (χ0n) is 16.8. The normalized spacial score (nSPS) is 9.63. The maximum atomic E-state index is 5.97. The molecule has 4 aromatic carbocycles. The lowest BCUT2D eigenvalue weighted by molar-refractivity contribution is -0.539. The summed E-state index contributed by atoms with van der Waals surface area (Å²) in [7, 11) is 1.07. The molecule has 5 heteroatoms. The molecule has 0 aliphatic carbocycles. The maximum absolute atomic E-state index is 5.97. The van der Waals surface area contributed by atoms with Crippen molar-refractivity contribution in [2.24, 2.45) is 0 Å². The molecule has 0 saturated heterocycles. The van der Waals surface area contributed by atoms with Gasteiger partial charge in [-0.15, -0.1) is 0 Å². The number of rotatable bonds is 7. The number of quaternary nitrogens is 1. The molecule has 0 aromatic heterocycles. The van der Waals surface area contributed by atoms with Crippen molar-refractivity contribution in [1.82, 2.24) is 0 Å². The van der Waals surface area contributed by atoms with Gasteiger partial charge < -0.3 is 19.3 Å². The lowest BCUT2D eigenvalue weighted by Gasteiger charge is -2.17. The molecule has 0 saturated carbocycles. The van der Waals surface area contributed by atoms with Crippen LogP contribution < -0.4 is 19.3 Å². The standard InChI is InChI=1S/C19H18BNO3.C6H5/c1-21-18-14-8-9-15-19(18)24-20(22-16-10-4-2-5-11-16)23-17-12-6-3-7-13-17;1-2-4-6-5-3-1/h2-15,21H,1H3;1-5H/q;-1/p+1. The third-order valence-corrected chi connectivity index (χ3v) is 4.01. The van der Waals surface area contributed by atoms with Crippen molar-refractivity contribution in [2.75, 3.05) is 7.05 Å². The SMILES string of the molecule is C[NH2+]c1ccccc1OB(Oc1ccccc1)Oc1ccccc1.[c-]1ccccc1. The second-order valence-corrected chi connectivity index (χ2v) is 6.17. The lowest BCUT2D eigenvalue weighted by atomic mass is 10.2. The van der Waals surface area contributed by atoms with E-state index in [1.165, 1.54) is 0 Å². The van der Waals surface area contributed by atoms with Gasteiger partial charge in [0.25, 0.3) is 0 Å². The topological polar surface area (TPSA) is 44.3 Å². The van der Waals surface area contributed by atoms with Crippen LogP contribution in [0.2, 0.25) is 0 Å². The average molecular weight is 397 g/mol. The van der Waals surface area contributed by atoms with Gasteiger partial charge in [-0.3, -0.25) is 0 Å². The molecule has 150 valence electrons. The fraction of sp³-hybridized carbons (Fsp3) is 0.0400. The second-order valence-electron chi connectivity index (χ2n) is 6.17. The zero-order chi connectivity index (χ0) is 20.9. The summed E-state index contributed by atoms with van der Waals surface area (Å²) in [5, 5.41) is 1.98. The first kappa shape index (κ1) is 21.0. The summed E-state index contributed by atoms with van der Waals surface area (Å²) in [6.45, 7) is 0. The van der Waals surface area contributed by atoms with E-state index in [-0.39, 0.29) is 0 Å². The summed E-state index contributed by atoms with van der Waals surface area (Å²) in [6.07, 6.45) is 0. The van der Waals surface area contributed by atoms with E-state index in [2.05, 4.69) is 6.07 Å². The van der Waals surface area contributed by atoms with Crippen LogP contribution in [0, 0.1) is 6.07 Å². The van der Waals surface area contributed by atoms with Gasteiger partial charge >= 0.3 is 7.32 Å². The summed E-state index contributed by atoms with van der Waals surface area (Å²) in [5.74, 6) is 2.06. The second kappa shape index (κ2) is 12.0. The van der Waals surface area contributed by atoms with E-state index in [1.807, 2.05) is 128 Å². The maximum Gasteiger partial charge on any atom is 0.864 e. The fourth-order valence-electron chi connectivity index (χ4n) is 2.56. The molecule has 0 atom stereocenters. The molecule has 4 aromatic rings. The van der Waals surface area contributed by atoms with Crippen LogP contribution in [0.3, 0.4) is 0 Å². The number of nitrogens with two attached hydrogens (primary N) is 1. The van der Waals surface area contributed by atoms with E-state index in [0.29, 0.717) is 17.2 Å². The van der Waals surface area contributed by atoms with Crippen LogP contribution in [-0.2, 0) is 0 Å². The summed E-state index contributed by atoms with van der Waals surface area (Å²) in [6, 6.07) is 39.2. The molecule has 0 unspecified atom stereocenters. The van der Waals surface area contributed by atoms with Crippen molar-refractivity contribution in [2.45, 2.75) is 0 Å². The van der Waals surface area contributed by atoms with Gasteiger partial charge in [0.15, 0.2) is 11.4 Å². The minimum atomic E-state index is -0.893. The monoisotopic (exact) mass is 397 g/mol. The first-order valence-corrected chi connectivity index (χ1v) is 9.74. The number of hydrogen-bond acceptors (Lipinski definition) is 3. The van der Waals surface area contributed by atoms with Gasteiger partial charge in [-0.25, -0.2) is 0 Å².